The highest BCUT2D eigenvalue weighted by Gasteiger charge is 2.13. The Labute approximate surface area is 156 Å². The van der Waals surface area contributed by atoms with Gasteiger partial charge in [0, 0.05) is 10.9 Å². The average Bonchev–Trinajstić information content (AvgIpc) is 3.10. The first-order valence-electron chi connectivity index (χ1n) is 8.74. The molecule has 2 aromatic carbocycles. The van der Waals surface area contributed by atoms with Crippen LogP contribution in [0.15, 0.2) is 71.1 Å². The molecular formula is C22H20N2OS. The fraction of sp³-hybridized carbons (Fsp3) is 0.182. The molecule has 0 amide bonds. The van der Waals surface area contributed by atoms with Gasteiger partial charge in [0.15, 0.2) is 0 Å². The number of hydrogen-bond donors (Lipinski definition) is 0. The normalized spacial score (nSPS) is 11.3. The minimum absolute atomic E-state index is 0.0167. The Hall–Kier alpha value is -2.72. The van der Waals surface area contributed by atoms with Crippen molar-refractivity contribution in [2.75, 3.05) is 0 Å². The van der Waals surface area contributed by atoms with E-state index in [2.05, 4.69) is 43.1 Å². The van der Waals surface area contributed by atoms with Gasteiger partial charge in [-0.15, -0.1) is 11.3 Å². The molecule has 26 heavy (non-hydrogen) atoms. The third-order valence-corrected chi connectivity index (χ3v) is 5.53. The minimum atomic E-state index is 0.0167. The van der Waals surface area contributed by atoms with Gasteiger partial charge in [-0.2, -0.15) is 0 Å². The van der Waals surface area contributed by atoms with Gasteiger partial charge in [-0.3, -0.25) is 9.36 Å². The second-order valence-electron chi connectivity index (χ2n) is 6.77. The smallest absolute Gasteiger partial charge is 0.263 e. The second-order valence-corrected chi connectivity index (χ2v) is 7.63. The van der Waals surface area contributed by atoms with Crippen molar-refractivity contribution in [2.24, 2.45) is 0 Å². The SMILES string of the molecule is CC(C)c1ccc(-c2csc3ncn(Cc4ccccc4)c(=O)c23)cc1. The van der Waals surface area contributed by atoms with Gasteiger partial charge in [0.1, 0.15) is 4.83 Å². The van der Waals surface area contributed by atoms with Crippen molar-refractivity contribution in [1.29, 1.82) is 0 Å². The number of nitrogens with zero attached hydrogens (tertiary/aromatic N) is 2. The summed E-state index contributed by atoms with van der Waals surface area (Å²) < 4.78 is 1.69. The van der Waals surface area contributed by atoms with Crippen molar-refractivity contribution in [2.45, 2.75) is 26.3 Å². The first-order valence-corrected chi connectivity index (χ1v) is 9.62. The molecule has 3 nitrogen and oxygen atoms in total. The van der Waals surface area contributed by atoms with Crippen LogP contribution in [-0.2, 0) is 6.54 Å². The molecular weight excluding hydrogens is 340 g/mol. The number of fused-ring (bicyclic) bond motifs is 1. The Morgan fingerprint density at radius 2 is 1.77 bits per heavy atom. The molecule has 2 aromatic heterocycles. The molecule has 0 bridgehead atoms. The molecule has 4 aromatic rings. The number of benzene rings is 2. The largest absolute Gasteiger partial charge is 0.294 e. The summed E-state index contributed by atoms with van der Waals surface area (Å²) in [5.74, 6) is 0.494. The van der Waals surface area contributed by atoms with Crippen molar-refractivity contribution < 1.29 is 0 Å². The zero-order valence-corrected chi connectivity index (χ0v) is 15.7. The quantitative estimate of drug-likeness (QED) is 0.495. The maximum Gasteiger partial charge on any atom is 0.263 e. The summed E-state index contributed by atoms with van der Waals surface area (Å²) in [6, 6.07) is 18.5. The highest BCUT2D eigenvalue weighted by Crippen LogP contribution is 2.31. The van der Waals surface area contributed by atoms with E-state index in [1.165, 1.54) is 16.9 Å². The molecule has 0 atom stereocenters. The van der Waals surface area contributed by atoms with Crippen LogP contribution in [-0.4, -0.2) is 9.55 Å². The van der Waals surface area contributed by atoms with E-state index in [-0.39, 0.29) is 5.56 Å². The summed E-state index contributed by atoms with van der Waals surface area (Å²) in [5.41, 5.74) is 4.45. The fourth-order valence-electron chi connectivity index (χ4n) is 3.12. The zero-order chi connectivity index (χ0) is 18.1. The topological polar surface area (TPSA) is 34.9 Å². The van der Waals surface area contributed by atoms with Crippen LogP contribution >= 0.6 is 11.3 Å². The molecule has 0 saturated heterocycles. The predicted octanol–water partition coefficient (Wildman–Crippen LogP) is 5.30. The van der Waals surface area contributed by atoms with Gasteiger partial charge in [-0.05, 0) is 22.6 Å². The number of hydrogen-bond acceptors (Lipinski definition) is 3. The molecule has 0 radical (unpaired) electrons. The monoisotopic (exact) mass is 360 g/mol. The van der Waals surface area contributed by atoms with Gasteiger partial charge < -0.3 is 0 Å². The van der Waals surface area contributed by atoms with Crippen LogP contribution < -0.4 is 5.56 Å². The van der Waals surface area contributed by atoms with Gasteiger partial charge in [-0.25, -0.2) is 4.98 Å². The average molecular weight is 360 g/mol. The van der Waals surface area contributed by atoms with Crippen LogP contribution in [0.3, 0.4) is 0 Å². The molecule has 0 aliphatic rings. The Bertz CT molecular complexity index is 1090. The third kappa shape index (κ3) is 3.08. The fourth-order valence-corrected chi connectivity index (χ4v) is 4.03. The summed E-state index contributed by atoms with van der Waals surface area (Å²) in [6.45, 7) is 4.90. The lowest BCUT2D eigenvalue weighted by Crippen LogP contribution is -2.20. The molecule has 0 saturated carbocycles. The molecule has 4 heteroatoms. The molecule has 0 spiro atoms. The minimum Gasteiger partial charge on any atom is -0.294 e. The molecule has 2 heterocycles. The Kier molecular flexibility index (Phi) is 4.43. The summed E-state index contributed by atoms with van der Waals surface area (Å²) >= 11 is 1.52. The van der Waals surface area contributed by atoms with E-state index in [4.69, 9.17) is 0 Å². The van der Waals surface area contributed by atoms with Crippen LogP contribution in [0.2, 0.25) is 0 Å². The van der Waals surface area contributed by atoms with Gasteiger partial charge in [0.25, 0.3) is 5.56 Å². The first kappa shape index (κ1) is 16.7. The van der Waals surface area contributed by atoms with Crippen molar-refractivity contribution in [3.05, 3.63) is 87.8 Å². The van der Waals surface area contributed by atoms with Gasteiger partial charge in [-0.1, -0.05) is 68.4 Å². The molecule has 0 aliphatic heterocycles. The molecule has 0 unspecified atom stereocenters. The molecule has 4 rings (SSSR count). The summed E-state index contributed by atoms with van der Waals surface area (Å²) in [7, 11) is 0. The molecule has 0 fully saturated rings. The highest BCUT2D eigenvalue weighted by atomic mass is 32.1. The standard InChI is InChI=1S/C22H20N2OS/c1-15(2)17-8-10-18(11-9-17)19-13-26-21-20(19)22(25)24(14-23-21)12-16-6-4-3-5-7-16/h3-11,13-15H,12H2,1-2H3. The third-order valence-electron chi connectivity index (χ3n) is 4.64. The van der Waals surface area contributed by atoms with Crippen LogP contribution in [0, 0.1) is 0 Å². The van der Waals surface area contributed by atoms with Crippen LogP contribution in [0.25, 0.3) is 21.3 Å². The van der Waals surface area contributed by atoms with Crippen LogP contribution in [0.4, 0.5) is 0 Å². The van der Waals surface area contributed by atoms with E-state index in [1.807, 2.05) is 35.7 Å². The van der Waals surface area contributed by atoms with Crippen molar-refractivity contribution in [1.82, 2.24) is 9.55 Å². The van der Waals surface area contributed by atoms with Crippen LogP contribution in [0.5, 0.6) is 0 Å². The van der Waals surface area contributed by atoms with E-state index >= 15 is 0 Å². The van der Waals surface area contributed by atoms with Crippen molar-refractivity contribution >= 4 is 21.6 Å². The van der Waals surface area contributed by atoms with Gasteiger partial charge in [0.2, 0.25) is 0 Å². The van der Waals surface area contributed by atoms with Gasteiger partial charge in [0.05, 0.1) is 18.3 Å². The Morgan fingerprint density at radius 1 is 1.04 bits per heavy atom. The Balaban J connectivity index is 1.79. The van der Waals surface area contributed by atoms with E-state index < -0.39 is 0 Å². The zero-order valence-electron chi connectivity index (χ0n) is 14.8. The lowest BCUT2D eigenvalue weighted by Gasteiger charge is -2.08. The van der Waals surface area contributed by atoms with Gasteiger partial charge >= 0.3 is 0 Å². The Morgan fingerprint density at radius 3 is 2.46 bits per heavy atom. The van der Waals surface area contributed by atoms with E-state index in [1.54, 1.807) is 10.9 Å². The predicted molar refractivity (Wildman–Crippen MR) is 109 cm³/mol. The number of rotatable bonds is 4. The maximum absolute atomic E-state index is 13.1. The highest BCUT2D eigenvalue weighted by molar-refractivity contribution is 7.17. The summed E-state index contributed by atoms with van der Waals surface area (Å²) in [5, 5.41) is 2.75. The molecule has 0 N–H and O–H groups in total. The summed E-state index contributed by atoms with van der Waals surface area (Å²) in [6.07, 6.45) is 1.65. The second kappa shape index (κ2) is 6.89. The number of aromatic nitrogens is 2. The first-order chi connectivity index (χ1) is 12.6. The van der Waals surface area contributed by atoms with Crippen molar-refractivity contribution in [3.8, 4) is 11.1 Å². The lowest BCUT2D eigenvalue weighted by atomic mass is 9.99. The number of thiophene rings is 1. The van der Waals surface area contributed by atoms with Crippen LogP contribution in [0.1, 0.15) is 30.9 Å². The summed E-state index contributed by atoms with van der Waals surface area (Å²) in [4.78, 5) is 18.4. The molecule has 0 aliphatic carbocycles. The molecule has 130 valence electrons. The maximum atomic E-state index is 13.1. The van der Waals surface area contributed by atoms with E-state index in [0.29, 0.717) is 17.8 Å². The van der Waals surface area contributed by atoms with Crippen molar-refractivity contribution in [3.63, 3.8) is 0 Å². The lowest BCUT2D eigenvalue weighted by molar-refractivity contribution is 0.749. The van der Waals surface area contributed by atoms with E-state index in [0.717, 1.165) is 21.5 Å². The van der Waals surface area contributed by atoms with E-state index in [9.17, 15) is 4.79 Å².